The van der Waals surface area contributed by atoms with Crippen LogP contribution in [-0.4, -0.2) is 88.4 Å². The molecule has 0 saturated heterocycles. The molecule has 2 N–H and O–H groups in total. The van der Waals surface area contributed by atoms with Crippen LogP contribution < -0.4 is 10.6 Å². The summed E-state index contributed by atoms with van der Waals surface area (Å²) in [5, 5.41) is 5.82. The highest BCUT2D eigenvalue weighted by molar-refractivity contribution is 5.77. The van der Waals surface area contributed by atoms with Gasteiger partial charge in [0.2, 0.25) is 0 Å². The third-order valence-corrected chi connectivity index (χ3v) is 5.19. The standard InChI is InChI=1S/C26H38N4O3/c1-29(2,19-23-11-7-5-8-12-23)21-25(31)27-15-17-33-18-16-28-26(32)22-30(3,4)20-24-13-9-6-10-14-24/h5-14H,15-22H2,1-4H3/p+2. The Morgan fingerprint density at radius 2 is 1.03 bits per heavy atom. The van der Waals surface area contributed by atoms with Gasteiger partial charge in [0.25, 0.3) is 11.8 Å². The molecule has 0 bridgehead atoms. The molecule has 0 aliphatic rings. The van der Waals surface area contributed by atoms with E-state index < -0.39 is 0 Å². The first-order chi connectivity index (χ1) is 15.7. The van der Waals surface area contributed by atoms with E-state index in [0.29, 0.717) is 48.4 Å². The molecule has 2 rings (SSSR count). The zero-order valence-electron chi connectivity index (χ0n) is 20.5. The summed E-state index contributed by atoms with van der Waals surface area (Å²) in [6.07, 6.45) is 0. The highest BCUT2D eigenvalue weighted by atomic mass is 16.5. The summed E-state index contributed by atoms with van der Waals surface area (Å²) < 4.78 is 6.72. The lowest BCUT2D eigenvalue weighted by molar-refractivity contribution is -0.895. The maximum Gasteiger partial charge on any atom is 0.275 e. The highest BCUT2D eigenvalue weighted by Gasteiger charge is 2.21. The second-order valence-corrected chi connectivity index (χ2v) is 9.79. The fourth-order valence-corrected chi connectivity index (χ4v) is 3.78. The number of hydrogen-bond acceptors (Lipinski definition) is 3. The molecule has 0 radical (unpaired) electrons. The monoisotopic (exact) mass is 456 g/mol. The average Bonchev–Trinajstić information content (AvgIpc) is 2.73. The number of quaternary nitrogens is 2. The van der Waals surface area contributed by atoms with Crippen LogP contribution in [0.4, 0.5) is 0 Å². The predicted octanol–water partition coefficient (Wildman–Crippen LogP) is 1.79. The summed E-state index contributed by atoms with van der Waals surface area (Å²) >= 11 is 0. The van der Waals surface area contributed by atoms with E-state index in [1.165, 1.54) is 11.1 Å². The van der Waals surface area contributed by atoms with Crippen LogP contribution in [0.2, 0.25) is 0 Å². The molecule has 0 aliphatic heterocycles. The first-order valence-electron chi connectivity index (χ1n) is 11.5. The van der Waals surface area contributed by atoms with E-state index in [4.69, 9.17) is 4.74 Å². The number of ether oxygens (including phenoxy) is 1. The van der Waals surface area contributed by atoms with Crippen molar-refractivity contribution in [1.29, 1.82) is 0 Å². The maximum absolute atomic E-state index is 12.2. The van der Waals surface area contributed by atoms with Gasteiger partial charge in [-0.2, -0.15) is 0 Å². The molecule has 2 aromatic carbocycles. The summed E-state index contributed by atoms with van der Waals surface area (Å²) in [4.78, 5) is 24.5. The molecule has 0 aromatic heterocycles. The third-order valence-electron chi connectivity index (χ3n) is 5.19. The molecule has 33 heavy (non-hydrogen) atoms. The van der Waals surface area contributed by atoms with Gasteiger partial charge < -0.3 is 24.3 Å². The molecule has 0 unspecified atom stereocenters. The van der Waals surface area contributed by atoms with E-state index in [1.807, 2.05) is 64.6 Å². The smallest absolute Gasteiger partial charge is 0.275 e. The van der Waals surface area contributed by atoms with Gasteiger partial charge in [0.15, 0.2) is 13.1 Å². The molecule has 0 aliphatic carbocycles. The van der Waals surface area contributed by atoms with Gasteiger partial charge in [-0.25, -0.2) is 0 Å². The van der Waals surface area contributed by atoms with Gasteiger partial charge >= 0.3 is 0 Å². The molecule has 2 aromatic rings. The molecule has 180 valence electrons. The topological polar surface area (TPSA) is 67.4 Å². The molecule has 0 fully saturated rings. The van der Waals surface area contributed by atoms with Crippen molar-refractivity contribution in [3.63, 3.8) is 0 Å². The van der Waals surface area contributed by atoms with Crippen molar-refractivity contribution in [2.24, 2.45) is 0 Å². The van der Waals surface area contributed by atoms with Crippen LogP contribution in [0.1, 0.15) is 11.1 Å². The Labute approximate surface area is 198 Å². The summed E-state index contributed by atoms with van der Waals surface area (Å²) in [7, 11) is 8.19. The SMILES string of the molecule is C[N+](C)(CC(=O)NCCOCCNC(=O)C[N+](C)(C)Cc1ccccc1)Cc1ccccc1. The van der Waals surface area contributed by atoms with Crippen LogP contribution in [0, 0.1) is 0 Å². The lowest BCUT2D eigenvalue weighted by Gasteiger charge is -2.29. The van der Waals surface area contributed by atoms with E-state index in [2.05, 4.69) is 34.9 Å². The quantitative estimate of drug-likeness (QED) is 0.336. The summed E-state index contributed by atoms with van der Waals surface area (Å²) in [6, 6.07) is 20.4. The number of hydrogen-bond donors (Lipinski definition) is 2. The second kappa shape index (κ2) is 13.1. The van der Waals surface area contributed by atoms with E-state index >= 15 is 0 Å². The predicted molar refractivity (Wildman–Crippen MR) is 131 cm³/mol. The Hall–Kier alpha value is -2.74. The average molecular weight is 457 g/mol. The molecular formula is C26H40N4O3+2. The Kier molecular flexibility index (Phi) is 10.5. The number of rotatable bonds is 14. The van der Waals surface area contributed by atoms with Crippen molar-refractivity contribution >= 4 is 11.8 Å². The van der Waals surface area contributed by atoms with Crippen molar-refractivity contribution in [3.8, 4) is 0 Å². The minimum absolute atomic E-state index is 0.00579. The fourth-order valence-electron chi connectivity index (χ4n) is 3.78. The zero-order chi connectivity index (χ0) is 24.2. The molecule has 0 heterocycles. The minimum Gasteiger partial charge on any atom is -0.378 e. The molecule has 0 saturated carbocycles. The fraction of sp³-hybridized carbons (Fsp3) is 0.462. The van der Waals surface area contributed by atoms with E-state index in [-0.39, 0.29) is 11.8 Å². The third kappa shape index (κ3) is 11.6. The van der Waals surface area contributed by atoms with Gasteiger partial charge in [0, 0.05) is 24.2 Å². The van der Waals surface area contributed by atoms with Gasteiger partial charge in [-0.05, 0) is 0 Å². The molecule has 7 heteroatoms. The lowest BCUT2D eigenvalue weighted by Crippen LogP contribution is -2.47. The highest BCUT2D eigenvalue weighted by Crippen LogP contribution is 2.09. The number of amides is 2. The second-order valence-electron chi connectivity index (χ2n) is 9.79. The minimum atomic E-state index is 0.00579. The van der Waals surface area contributed by atoms with E-state index in [0.717, 1.165) is 13.1 Å². The molecule has 0 atom stereocenters. The first-order valence-corrected chi connectivity index (χ1v) is 11.5. The molecule has 2 amide bonds. The Bertz CT molecular complexity index is 783. The van der Waals surface area contributed by atoms with Crippen molar-refractivity contribution in [3.05, 3.63) is 71.8 Å². The summed E-state index contributed by atoms with van der Waals surface area (Å²) in [5.74, 6) is 0.0116. The van der Waals surface area contributed by atoms with Crippen LogP contribution in [0.25, 0.3) is 0 Å². The van der Waals surface area contributed by atoms with E-state index in [1.54, 1.807) is 0 Å². The Balaban J connectivity index is 1.53. The van der Waals surface area contributed by atoms with Crippen molar-refractivity contribution < 1.29 is 23.3 Å². The Morgan fingerprint density at radius 3 is 1.39 bits per heavy atom. The first kappa shape index (κ1) is 26.5. The van der Waals surface area contributed by atoms with Gasteiger partial charge in [0.05, 0.1) is 41.4 Å². The molecule has 0 spiro atoms. The van der Waals surface area contributed by atoms with Crippen molar-refractivity contribution in [2.45, 2.75) is 13.1 Å². The van der Waals surface area contributed by atoms with Crippen LogP contribution in [0.15, 0.2) is 60.7 Å². The number of carbonyl (C=O) groups excluding carboxylic acids is 2. The van der Waals surface area contributed by atoms with Gasteiger partial charge in [0.1, 0.15) is 13.1 Å². The number of carbonyl (C=O) groups is 2. The summed E-state index contributed by atoms with van der Waals surface area (Å²) in [6.45, 7) is 4.16. The number of nitrogens with zero attached hydrogens (tertiary/aromatic N) is 2. The normalized spacial score (nSPS) is 11.8. The van der Waals surface area contributed by atoms with Gasteiger partial charge in [-0.3, -0.25) is 9.59 Å². The zero-order valence-corrected chi connectivity index (χ0v) is 20.5. The largest absolute Gasteiger partial charge is 0.378 e. The summed E-state index contributed by atoms with van der Waals surface area (Å²) in [5.41, 5.74) is 2.42. The van der Waals surface area contributed by atoms with Crippen molar-refractivity contribution in [1.82, 2.24) is 10.6 Å². The van der Waals surface area contributed by atoms with Gasteiger partial charge in [-0.1, -0.05) is 60.7 Å². The number of nitrogens with one attached hydrogen (secondary N) is 2. The number of benzene rings is 2. The van der Waals surface area contributed by atoms with Crippen LogP contribution in [0.3, 0.4) is 0 Å². The Morgan fingerprint density at radius 1 is 0.667 bits per heavy atom. The van der Waals surface area contributed by atoms with Crippen LogP contribution >= 0.6 is 0 Å². The lowest BCUT2D eigenvalue weighted by atomic mass is 10.2. The maximum atomic E-state index is 12.2. The van der Waals surface area contributed by atoms with Crippen LogP contribution in [-0.2, 0) is 27.4 Å². The molecule has 7 nitrogen and oxygen atoms in total. The van der Waals surface area contributed by atoms with E-state index in [9.17, 15) is 9.59 Å². The van der Waals surface area contributed by atoms with Crippen molar-refractivity contribution in [2.75, 3.05) is 67.6 Å². The number of likely N-dealkylation sites (N-methyl/N-ethyl adjacent to an activating group) is 2. The molecular weight excluding hydrogens is 416 g/mol. The van der Waals surface area contributed by atoms with Gasteiger partial charge in [-0.15, -0.1) is 0 Å². The van der Waals surface area contributed by atoms with Crippen LogP contribution in [0.5, 0.6) is 0 Å².